The number of hydrogen-bond donors (Lipinski definition) is 2. The van der Waals surface area contributed by atoms with Crippen molar-refractivity contribution in [2.45, 2.75) is 25.3 Å². The zero-order chi connectivity index (χ0) is 13.9. The molecule has 1 aromatic carbocycles. The van der Waals surface area contributed by atoms with E-state index in [1.54, 1.807) is 10.9 Å². The smallest absolute Gasteiger partial charge is 0.227 e. The van der Waals surface area contributed by atoms with E-state index in [-0.39, 0.29) is 17.9 Å². The van der Waals surface area contributed by atoms with Gasteiger partial charge >= 0.3 is 0 Å². The van der Waals surface area contributed by atoms with Gasteiger partial charge in [-0.15, -0.1) is 0 Å². The highest BCUT2D eigenvalue weighted by atomic mass is 16.1. The summed E-state index contributed by atoms with van der Waals surface area (Å²) in [5, 5.41) is 7.12. The Morgan fingerprint density at radius 2 is 2.10 bits per heavy atom. The zero-order valence-electron chi connectivity index (χ0n) is 11.2. The van der Waals surface area contributed by atoms with Crippen LogP contribution in [-0.2, 0) is 4.79 Å². The number of hydrogen-bond acceptors (Lipinski definition) is 3. The molecular formula is C15H18N4O. The first-order valence-corrected chi connectivity index (χ1v) is 6.89. The summed E-state index contributed by atoms with van der Waals surface area (Å²) in [7, 11) is 0. The summed E-state index contributed by atoms with van der Waals surface area (Å²) < 4.78 is 1.78. The van der Waals surface area contributed by atoms with E-state index in [1.807, 2.05) is 36.5 Å². The average molecular weight is 270 g/mol. The quantitative estimate of drug-likeness (QED) is 0.895. The van der Waals surface area contributed by atoms with Gasteiger partial charge in [-0.25, -0.2) is 4.68 Å². The normalized spacial score (nSPS) is 21.9. The topological polar surface area (TPSA) is 72.9 Å². The van der Waals surface area contributed by atoms with Gasteiger partial charge in [0.1, 0.15) is 0 Å². The second kappa shape index (κ2) is 5.46. The van der Waals surface area contributed by atoms with E-state index in [4.69, 9.17) is 5.73 Å². The number of carbonyl (C=O) groups excluding carboxylic acids is 1. The van der Waals surface area contributed by atoms with E-state index in [2.05, 4.69) is 10.4 Å². The first-order chi connectivity index (χ1) is 9.72. The van der Waals surface area contributed by atoms with Gasteiger partial charge < -0.3 is 11.1 Å². The van der Waals surface area contributed by atoms with E-state index in [1.165, 1.54) is 0 Å². The lowest BCUT2D eigenvalue weighted by molar-refractivity contribution is -0.119. The highest BCUT2D eigenvalue weighted by Crippen LogP contribution is 2.25. The Kier molecular flexibility index (Phi) is 3.52. The van der Waals surface area contributed by atoms with Crippen LogP contribution in [0.25, 0.3) is 5.69 Å². The van der Waals surface area contributed by atoms with Gasteiger partial charge in [0.15, 0.2) is 0 Å². The van der Waals surface area contributed by atoms with Gasteiger partial charge in [-0.1, -0.05) is 0 Å². The number of nitrogens with zero attached hydrogens (tertiary/aromatic N) is 2. The van der Waals surface area contributed by atoms with E-state index < -0.39 is 0 Å². The van der Waals surface area contributed by atoms with Crippen LogP contribution in [0.15, 0.2) is 42.7 Å². The summed E-state index contributed by atoms with van der Waals surface area (Å²) in [5.74, 6) is 0.126. The molecule has 5 nitrogen and oxygen atoms in total. The second-order valence-corrected chi connectivity index (χ2v) is 5.26. The number of nitrogens with two attached hydrogens (primary N) is 1. The largest absolute Gasteiger partial charge is 0.328 e. The van der Waals surface area contributed by atoms with Crippen LogP contribution in [0.3, 0.4) is 0 Å². The van der Waals surface area contributed by atoms with Crippen molar-refractivity contribution in [3.05, 3.63) is 42.7 Å². The Morgan fingerprint density at radius 3 is 2.70 bits per heavy atom. The van der Waals surface area contributed by atoms with Gasteiger partial charge in [0.2, 0.25) is 5.91 Å². The molecule has 2 atom stereocenters. The van der Waals surface area contributed by atoms with Gasteiger partial charge in [-0.3, -0.25) is 4.79 Å². The lowest BCUT2D eigenvalue weighted by Crippen LogP contribution is -2.23. The summed E-state index contributed by atoms with van der Waals surface area (Å²) in [4.78, 5) is 12.1. The van der Waals surface area contributed by atoms with Crippen molar-refractivity contribution in [3.63, 3.8) is 0 Å². The van der Waals surface area contributed by atoms with E-state index in [0.717, 1.165) is 30.6 Å². The molecule has 0 bridgehead atoms. The van der Waals surface area contributed by atoms with E-state index >= 15 is 0 Å². The third-order valence-corrected chi connectivity index (χ3v) is 3.75. The van der Waals surface area contributed by atoms with Gasteiger partial charge in [0.05, 0.1) is 5.69 Å². The zero-order valence-corrected chi connectivity index (χ0v) is 11.2. The van der Waals surface area contributed by atoms with Crippen molar-refractivity contribution in [1.82, 2.24) is 9.78 Å². The van der Waals surface area contributed by atoms with Crippen LogP contribution in [0.4, 0.5) is 5.69 Å². The highest BCUT2D eigenvalue weighted by Gasteiger charge is 2.27. The molecule has 1 saturated carbocycles. The predicted octanol–water partition coefficient (Wildman–Crippen LogP) is 1.94. The molecule has 20 heavy (non-hydrogen) atoms. The van der Waals surface area contributed by atoms with Crippen LogP contribution in [0.2, 0.25) is 0 Å². The molecule has 3 rings (SSSR count). The fourth-order valence-corrected chi connectivity index (χ4v) is 2.62. The third kappa shape index (κ3) is 2.72. The highest BCUT2D eigenvalue weighted by molar-refractivity contribution is 5.92. The summed E-state index contributed by atoms with van der Waals surface area (Å²) >= 11 is 0. The summed E-state index contributed by atoms with van der Waals surface area (Å²) in [6.45, 7) is 0. The molecule has 0 radical (unpaired) electrons. The maximum atomic E-state index is 12.1. The molecule has 2 unspecified atom stereocenters. The number of anilines is 1. The minimum Gasteiger partial charge on any atom is -0.328 e. The van der Waals surface area contributed by atoms with Crippen molar-refractivity contribution in [2.24, 2.45) is 11.7 Å². The first-order valence-electron chi connectivity index (χ1n) is 6.89. The van der Waals surface area contributed by atoms with Crippen molar-refractivity contribution < 1.29 is 4.79 Å². The molecule has 1 aromatic heterocycles. The van der Waals surface area contributed by atoms with Gasteiger partial charge in [0, 0.05) is 30.0 Å². The van der Waals surface area contributed by atoms with Crippen LogP contribution >= 0.6 is 0 Å². The van der Waals surface area contributed by atoms with Crippen molar-refractivity contribution in [3.8, 4) is 5.69 Å². The summed E-state index contributed by atoms with van der Waals surface area (Å²) in [6, 6.07) is 9.70. The number of benzene rings is 1. The van der Waals surface area contributed by atoms with Crippen molar-refractivity contribution >= 4 is 11.6 Å². The first kappa shape index (κ1) is 12.9. The second-order valence-electron chi connectivity index (χ2n) is 5.26. The number of amides is 1. The Labute approximate surface area is 117 Å². The third-order valence-electron chi connectivity index (χ3n) is 3.75. The van der Waals surface area contributed by atoms with E-state index in [9.17, 15) is 4.79 Å². The molecule has 1 heterocycles. The van der Waals surface area contributed by atoms with Crippen LogP contribution in [0, 0.1) is 5.92 Å². The van der Waals surface area contributed by atoms with E-state index in [0.29, 0.717) is 0 Å². The minimum absolute atomic E-state index is 0.0517. The Balaban J connectivity index is 1.65. The molecule has 0 spiro atoms. The number of rotatable bonds is 3. The molecule has 104 valence electrons. The number of aromatic nitrogens is 2. The average Bonchev–Trinajstić information content (AvgIpc) is 3.10. The molecular weight excluding hydrogens is 252 g/mol. The molecule has 1 fully saturated rings. The molecule has 2 aromatic rings. The monoisotopic (exact) mass is 270 g/mol. The molecule has 1 aliphatic carbocycles. The fourth-order valence-electron chi connectivity index (χ4n) is 2.62. The Morgan fingerprint density at radius 1 is 1.30 bits per heavy atom. The predicted molar refractivity (Wildman–Crippen MR) is 77.5 cm³/mol. The van der Waals surface area contributed by atoms with Crippen molar-refractivity contribution in [2.75, 3.05) is 5.32 Å². The van der Waals surface area contributed by atoms with Crippen molar-refractivity contribution in [1.29, 1.82) is 0 Å². The SMILES string of the molecule is NC1CCC(C(=O)Nc2ccc(-n3cccn3)cc2)C1. The molecule has 5 heteroatoms. The molecule has 0 saturated heterocycles. The fraction of sp³-hybridized carbons (Fsp3) is 0.333. The van der Waals surface area contributed by atoms with Crippen LogP contribution in [-0.4, -0.2) is 21.7 Å². The maximum absolute atomic E-state index is 12.1. The van der Waals surface area contributed by atoms with Gasteiger partial charge in [-0.2, -0.15) is 5.10 Å². The molecule has 3 N–H and O–H groups in total. The summed E-state index contributed by atoms with van der Waals surface area (Å²) in [5.41, 5.74) is 7.62. The van der Waals surface area contributed by atoms with Gasteiger partial charge in [0.25, 0.3) is 0 Å². The summed E-state index contributed by atoms with van der Waals surface area (Å²) in [6.07, 6.45) is 6.23. The standard InChI is InChI=1S/C15H18N4O/c16-12-3-2-11(10-12)15(20)18-13-4-6-14(7-5-13)19-9-1-8-17-19/h1,4-9,11-12H,2-3,10,16H2,(H,18,20). The van der Waals surface area contributed by atoms with Crippen LogP contribution in [0.1, 0.15) is 19.3 Å². The van der Waals surface area contributed by atoms with Crippen LogP contribution in [0.5, 0.6) is 0 Å². The molecule has 1 aliphatic rings. The number of carbonyl (C=O) groups is 1. The Bertz CT molecular complexity index is 576. The lowest BCUT2D eigenvalue weighted by Gasteiger charge is -2.11. The minimum atomic E-state index is 0.0517. The maximum Gasteiger partial charge on any atom is 0.227 e. The molecule has 0 aliphatic heterocycles. The number of nitrogens with one attached hydrogen (secondary N) is 1. The lowest BCUT2D eigenvalue weighted by atomic mass is 10.1. The van der Waals surface area contributed by atoms with Crippen LogP contribution < -0.4 is 11.1 Å². The molecule has 1 amide bonds. The van der Waals surface area contributed by atoms with Gasteiger partial charge in [-0.05, 0) is 49.6 Å². The Hall–Kier alpha value is -2.14.